The molecule has 1 aromatic carbocycles. The van der Waals surface area contributed by atoms with E-state index in [4.69, 9.17) is 9.84 Å². The van der Waals surface area contributed by atoms with Crippen LogP contribution in [0.1, 0.15) is 34.8 Å². The highest BCUT2D eigenvalue weighted by molar-refractivity contribution is 5.86. The van der Waals surface area contributed by atoms with Crippen molar-refractivity contribution >= 4 is 5.97 Å². The number of nitrogens with zero attached hydrogens (tertiary/aromatic N) is 1. The third-order valence-electron chi connectivity index (χ3n) is 2.65. The molecule has 0 fully saturated rings. The minimum Gasteiger partial charge on any atom is -0.494 e. The molecule has 0 spiro atoms. The third kappa shape index (κ3) is 2.74. The zero-order valence-corrected chi connectivity index (χ0v) is 10.3. The lowest BCUT2D eigenvalue weighted by Crippen LogP contribution is -2.08. The first-order valence-corrected chi connectivity index (χ1v) is 5.81. The molecule has 0 aliphatic heterocycles. The normalized spacial score (nSPS) is 12.1. The van der Waals surface area contributed by atoms with Crippen LogP contribution in [-0.2, 0) is 0 Å². The third-order valence-corrected chi connectivity index (χ3v) is 2.65. The zero-order chi connectivity index (χ0) is 13.8. The van der Waals surface area contributed by atoms with Gasteiger partial charge in [0.15, 0.2) is 5.69 Å². The Kier molecular flexibility index (Phi) is 3.82. The van der Waals surface area contributed by atoms with Crippen LogP contribution in [0.15, 0.2) is 30.6 Å². The average Bonchev–Trinajstić information content (AvgIpc) is 2.88. The Labute approximate surface area is 109 Å². The van der Waals surface area contributed by atoms with E-state index in [1.807, 2.05) is 6.92 Å². The van der Waals surface area contributed by atoms with Crippen molar-refractivity contribution in [1.29, 1.82) is 0 Å². The Morgan fingerprint density at radius 3 is 2.68 bits per heavy atom. The molecule has 1 aromatic heterocycles. The maximum Gasteiger partial charge on any atom is 0.356 e. The largest absolute Gasteiger partial charge is 0.494 e. The predicted molar refractivity (Wildman–Crippen MR) is 67.2 cm³/mol. The van der Waals surface area contributed by atoms with Crippen molar-refractivity contribution in [2.75, 3.05) is 6.61 Å². The van der Waals surface area contributed by atoms with Gasteiger partial charge in [0, 0.05) is 0 Å². The van der Waals surface area contributed by atoms with Gasteiger partial charge in [-0.05, 0) is 24.6 Å². The number of aliphatic hydroxyl groups excluding tert-OH is 1. The molecule has 6 nitrogen and oxygen atoms in total. The molecule has 0 amide bonds. The fourth-order valence-electron chi connectivity index (χ4n) is 1.76. The van der Waals surface area contributed by atoms with Crippen molar-refractivity contribution < 1.29 is 19.7 Å². The molecule has 0 saturated carbocycles. The molecule has 1 heterocycles. The second kappa shape index (κ2) is 5.53. The summed E-state index contributed by atoms with van der Waals surface area (Å²) in [6.07, 6.45) is 0.181. The summed E-state index contributed by atoms with van der Waals surface area (Å²) in [6, 6.07) is 6.81. The van der Waals surface area contributed by atoms with E-state index >= 15 is 0 Å². The van der Waals surface area contributed by atoms with Crippen molar-refractivity contribution in [3.8, 4) is 5.75 Å². The quantitative estimate of drug-likeness (QED) is 0.760. The number of nitrogens with one attached hydrogen (secondary N) is 1. The molecular weight excluding hydrogens is 248 g/mol. The number of aromatic amines is 1. The van der Waals surface area contributed by atoms with Crippen LogP contribution in [0.4, 0.5) is 0 Å². The van der Waals surface area contributed by atoms with Crippen LogP contribution in [0, 0.1) is 0 Å². The van der Waals surface area contributed by atoms with Gasteiger partial charge in [0.25, 0.3) is 0 Å². The van der Waals surface area contributed by atoms with E-state index in [0.29, 0.717) is 17.9 Å². The standard InChI is InChI=1S/C13H14N2O4/c1-2-19-9-5-3-8(4-6-9)12(16)10-11(13(17)18)15-7-14-10/h3-7,12,16H,2H2,1H3,(H,14,15)(H,17,18). The number of benzene rings is 1. The van der Waals surface area contributed by atoms with Gasteiger partial charge in [-0.2, -0.15) is 0 Å². The van der Waals surface area contributed by atoms with Gasteiger partial charge in [-0.3, -0.25) is 0 Å². The Hall–Kier alpha value is -2.34. The topological polar surface area (TPSA) is 95.4 Å². The summed E-state index contributed by atoms with van der Waals surface area (Å²) in [5.74, 6) is -0.484. The molecule has 100 valence electrons. The molecule has 0 aliphatic carbocycles. The molecule has 0 bridgehead atoms. The van der Waals surface area contributed by atoms with Crippen molar-refractivity contribution in [3.05, 3.63) is 47.5 Å². The van der Waals surface area contributed by atoms with Crippen molar-refractivity contribution in [1.82, 2.24) is 9.97 Å². The van der Waals surface area contributed by atoms with Crippen LogP contribution in [0.25, 0.3) is 0 Å². The summed E-state index contributed by atoms with van der Waals surface area (Å²) in [6.45, 7) is 2.44. The number of carbonyl (C=O) groups is 1. The van der Waals surface area contributed by atoms with E-state index in [2.05, 4.69) is 9.97 Å². The highest BCUT2D eigenvalue weighted by Crippen LogP contribution is 2.24. The maximum absolute atomic E-state index is 10.9. The van der Waals surface area contributed by atoms with Gasteiger partial charge in [0.1, 0.15) is 11.9 Å². The fraction of sp³-hybridized carbons (Fsp3) is 0.231. The van der Waals surface area contributed by atoms with E-state index in [1.54, 1.807) is 24.3 Å². The summed E-state index contributed by atoms with van der Waals surface area (Å²) < 4.78 is 5.30. The number of aromatic carboxylic acids is 1. The van der Waals surface area contributed by atoms with Crippen LogP contribution in [0.3, 0.4) is 0 Å². The van der Waals surface area contributed by atoms with Gasteiger partial charge in [-0.25, -0.2) is 9.78 Å². The second-order valence-corrected chi connectivity index (χ2v) is 3.87. The van der Waals surface area contributed by atoms with Gasteiger partial charge >= 0.3 is 5.97 Å². The molecule has 1 unspecified atom stereocenters. The molecule has 1 atom stereocenters. The molecule has 0 radical (unpaired) electrons. The van der Waals surface area contributed by atoms with Crippen LogP contribution in [0.2, 0.25) is 0 Å². The van der Waals surface area contributed by atoms with Gasteiger partial charge in [0.05, 0.1) is 18.6 Å². The number of ether oxygens (including phenoxy) is 1. The first-order chi connectivity index (χ1) is 9.13. The SMILES string of the molecule is CCOc1ccc(C(O)c2[nH]cnc2C(=O)O)cc1. The molecule has 0 saturated heterocycles. The molecule has 2 rings (SSSR count). The van der Waals surface area contributed by atoms with Gasteiger partial charge in [-0.1, -0.05) is 12.1 Å². The Morgan fingerprint density at radius 1 is 1.42 bits per heavy atom. The minimum atomic E-state index is -1.18. The van der Waals surface area contributed by atoms with Crippen molar-refractivity contribution in [3.63, 3.8) is 0 Å². The van der Waals surface area contributed by atoms with E-state index in [9.17, 15) is 9.90 Å². The summed E-state index contributed by atoms with van der Waals surface area (Å²) in [4.78, 5) is 17.3. The Morgan fingerprint density at radius 2 is 2.11 bits per heavy atom. The molecular formula is C13H14N2O4. The molecule has 0 aliphatic rings. The highest BCUT2D eigenvalue weighted by Gasteiger charge is 2.21. The number of aromatic nitrogens is 2. The van der Waals surface area contributed by atoms with E-state index in [0.717, 1.165) is 0 Å². The summed E-state index contributed by atoms with van der Waals surface area (Å²) in [5.41, 5.74) is 0.549. The number of aliphatic hydroxyl groups is 1. The lowest BCUT2D eigenvalue weighted by atomic mass is 10.1. The number of carboxylic acids is 1. The van der Waals surface area contributed by atoms with E-state index in [1.165, 1.54) is 6.33 Å². The van der Waals surface area contributed by atoms with Crippen molar-refractivity contribution in [2.45, 2.75) is 13.0 Å². The maximum atomic E-state index is 10.9. The number of hydrogen-bond acceptors (Lipinski definition) is 4. The van der Waals surface area contributed by atoms with Crippen LogP contribution < -0.4 is 4.74 Å². The second-order valence-electron chi connectivity index (χ2n) is 3.87. The number of imidazole rings is 1. The zero-order valence-electron chi connectivity index (χ0n) is 10.3. The van der Waals surface area contributed by atoms with Crippen molar-refractivity contribution in [2.24, 2.45) is 0 Å². The van der Waals surface area contributed by atoms with Crippen LogP contribution in [-0.4, -0.2) is 32.8 Å². The minimum absolute atomic E-state index is 0.164. The molecule has 3 N–H and O–H groups in total. The first kappa shape index (κ1) is 13.1. The summed E-state index contributed by atoms with van der Waals surface area (Å²) in [7, 11) is 0. The average molecular weight is 262 g/mol. The Balaban J connectivity index is 2.25. The fourth-order valence-corrected chi connectivity index (χ4v) is 1.76. The summed E-state index contributed by atoms with van der Waals surface area (Å²) in [5, 5.41) is 19.1. The Bertz CT molecular complexity index is 562. The smallest absolute Gasteiger partial charge is 0.356 e. The number of H-pyrrole nitrogens is 1. The van der Waals surface area contributed by atoms with Crippen LogP contribution >= 0.6 is 0 Å². The first-order valence-electron chi connectivity index (χ1n) is 5.81. The summed E-state index contributed by atoms with van der Waals surface area (Å²) >= 11 is 0. The highest BCUT2D eigenvalue weighted by atomic mass is 16.5. The lowest BCUT2D eigenvalue weighted by molar-refractivity contribution is 0.0685. The lowest BCUT2D eigenvalue weighted by Gasteiger charge is -2.11. The van der Waals surface area contributed by atoms with Gasteiger partial charge in [-0.15, -0.1) is 0 Å². The van der Waals surface area contributed by atoms with E-state index < -0.39 is 12.1 Å². The predicted octanol–water partition coefficient (Wildman–Crippen LogP) is 1.59. The molecule has 6 heteroatoms. The van der Waals surface area contributed by atoms with Gasteiger partial charge in [0.2, 0.25) is 0 Å². The van der Waals surface area contributed by atoms with Crippen LogP contribution in [0.5, 0.6) is 5.75 Å². The molecule has 2 aromatic rings. The van der Waals surface area contributed by atoms with E-state index in [-0.39, 0.29) is 11.4 Å². The molecule has 19 heavy (non-hydrogen) atoms. The monoisotopic (exact) mass is 262 g/mol. The number of rotatable bonds is 5. The van der Waals surface area contributed by atoms with Gasteiger partial charge < -0.3 is 19.9 Å². The number of hydrogen-bond donors (Lipinski definition) is 3. The number of carboxylic acid groups (broad SMARTS) is 1.